The highest BCUT2D eigenvalue weighted by Crippen LogP contribution is 2.12. The average Bonchev–Trinajstić information content (AvgIpc) is 2.30. The molecule has 0 aliphatic rings. The smallest absolute Gasteiger partial charge is 0.223 e. The van der Waals surface area contributed by atoms with Crippen molar-refractivity contribution >= 4 is 5.91 Å². The summed E-state index contributed by atoms with van der Waals surface area (Å²) in [5, 5.41) is 2.99. The second kappa shape index (κ2) is 6.28. The number of benzene rings is 1. The first-order valence-electron chi connectivity index (χ1n) is 5.70. The van der Waals surface area contributed by atoms with Gasteiger partial charge in [-0.2, -0.15) is 0 Å². The molecule has 0 saturated heterocycles. The van der Waals surface area contributed by atoms with Crippen LogP contribution < -0.4 is 11.1 Å². The maximum atomic E-state index is 11.8. The van der Waals surface area contributed by atoms with E-state index in [2.05, 4.69) is 5.32 Å². The lowest BCUT2D eigenvalue weighted by Gasteiger charge is -2.17. The number of amides is 1. The van der Waals surface area contributed by atoms with Gasteiger partial charge in [-0.15, -0.1) is 0 Å². The van der Waals surface area contributed by atoms with Gasteiger partial charge in [-0.25, -0.2) is 0 Å². The molecule has 0 radical (unpaired) electrons. The minimum absolute atomic E-state index is 0.0174. The second-order valence-corrected chi connectivity index (χ2v) is 4.12. The van der Waals surface area contributed by atoms with Gasteiger partial charge in [-0.1, -0.05) is 37.3 Å². The summed E-state index contributed by atoms with van der Waals surface area (Å²) in [6, 6.07) is 9.99. The molecule has 3 nitrogen and oxygen atoms in total. The van der Waals surface area contributed by atoms with Crippen molar-refractivity contribution in [2.45, 2.75) is 26.3 Å². The van der Waals surface area contributed by atoms with Crippen LogP contribution in [-0.2, 0) is 4.79 Å². The maximum Gasteiger partial charge on any atom is 0.223 e. The van der Waals surface area contributed by atoms with Gasteiger partial charge in [0.1, 0.15) is 0 Å². The number of hydrogen-bond acceptors (Lipinski definition) is 2. The zero-order chi connectivity index (χ0) is 12.0. The van der Waals surface area contributed by atoms with E-state index in [0.29, 0.717) is 6.54 Å². The van der Waals surface area contributed by atoms with Crippen LogP contribution in [0.25, 0.3) is 0 Å². The van der Waals surface area contributed by atoms with Crippen molar-refractivity contribution in [2.24, 2.45) is 11.7 Å². The molecule has 1 unspecified atom stereocenters. The fourth-order valence-corrected chi connectivity index (χ4v) is 1.56. The molecule has 0 bridgehead atoms. The van der Waals surface area contributed by atoms with Crippen molar-refractivity contribution in [1.82, 2.24) is 5.32 Å². The summed E-state index contributed by atoms with van der Waals surface area (Å²) in [7, 11) is 0. The number of nitrogens with one attached hydrogen (secondary N) is 1. The van der Waals surface area contributed by atoms with E-state index in [4.69, 9.17) is 5.73 Å². The van der Waals surface area contributed by atoms with Crippen LogP contribution in [0.2, 0.25) is 0 Å². The van der Waals surface area contributed by atoms with Gasteiger partial charge in [0.05, 0.1) is 6.04 Å². The topological polar surface area (TPSA) is 55.1 Å². The lowest BCUT2D eigenvalue weighted by atomic mass is 10.0. The third-order valence-corrected chi connectivity index (χ3v) is 2.71. The molecular weight excluding hydrogens is 200 g/mol. The van der Waals surface area contributed by atoms with Crippen LogP contribution in [0, 0.1) is 5.92 Å². The van der Waals surface area contributed by atoms with Gasteiger partial charge in [-0.3, -0.25) is 4.79 Å². The molecule has 3 N–H and O–H groups in total. The molecule has 88 valence electrons. The molecule has 0 aliphatic heterocycles. The molecule has 1 rings (SSSR count). The lowest BCUT2D eigenvalue weighted by molar-refractivity contribution is -0.125. The van der Waals surface area contributed by atoms with Crippen molar-refractivity contribution in [1.29, 1.82) is 0 Å². The molecule has 1 aromatic carbocycles. The number of rotatable bonds is 5. The highest BCUT2D eigenvalue weighted by Gasteiger charge is 2.14. The Morgan fingerprint density at radius 3 is 2.50 bits per heavy atom. The van der Waals surface area contributed by atoms with E-state index in [0.717, 1.165) is 12.0 Å². The summed E-state index contributed by atoms with van der Waals surface area (Å²) >= 11 is 0. The predicted molar refractivity (Wildman–Crippen MR) is 65.8 cm³/mol. The molecule has 2 atom stereocenters. The van der Waals surface area contributed by atoms with E-state index in [9.17, 15) is 4.79 Å². The van der Waals surface area contributed by atoms with Crippen LogP contribution in [0.5, 0.6) is 0 Å². The Labute approximate surface area is 97.0 Å². The number of carbonyl (C=O) groups is 1. The number of nitrogens with two attached hydrogens (primary N) is 1. The first-order chi connectivity index (χ1) is 7.65. The Morgan fingerprint density at radius 2 is 1.94 bits per heavy atom. The van der Waals surface area contributed by atoms with E-state index in [1.165, 1.54) is 0 Å². The van der Waals surface area contributed by atoms with Gasteiger partial charge in [0.25, 0.3) is 0 Å². The summed E-state index contributed by atoms with van der Waals surface area (Å²) in [6.07, 6.45) is 0.730. The molecule has 0 heterocycles. The average molecular weight is 220 g/mol. The van der Waals surface area contributed by atoms with E-state index >= 15 is 0 Å². The minimum Gasteiger partial charge on any atom is -0.349 e. The first kappa shape index (κ1) is 12.7. The SMILES string of the molecule is CC(CCN)C(=O)N[C@@H](C)c1ccccc1. The van der Waals surface area contributed by atoms with Crippen LogP contribution in [0.3, 0.4) is 0 Å². The quantitative estimate of drug-likeness (QED) is 0.795. The van der Waals surface area contributed by atoms with Gasteiger partial charge in [0.15, 0.2) is 0 Å². The monoisotopic (exact) mass is 220 g/mol. The standard InChI is InChI=1S/C13H20N2O/c1-10(8-9-14)13(16)15-11(2)12-6-4-3-5-7-12/h3-7,10-11H,8-9,14H2,1-2H3,(H,15,16)/t10?,11-/m0/s1. The Hall–Kier alpha value is -1.35. The molecule has 0 fully saturated rings. The van der Waals surface area contributed by atoms with Crippen LogP contribution >= 0.6 is 0 Å². The predicted octanol–water partition coefficient (Wildman–Crippen LogP) is 1.85. The summed E-state index contributed by atoms with van der Waals surface area (Å²) < 4.78 is 0. The lowest BCUT2D eigenvalue weighted by Crippen LogP contribution is -2.32. The number of carbonyl (C=O) groups excluding carboxylic acids is 1. The van der Waals surface area contributed by atoms with Crippen LogP contribution in [0.15, 0.2) is 30.3 Å². The van der Waals surface area contributed by atoms with Gasteiger partial charge in [-0.05, 0) is 25.5 Å². The molecule has 1 aromatic rings. The van der Waals surface area contributed by atoms with E-state index in [1.54, 1.807) is 0 Å². The first-order valence-corrected chi connectivity index (χ1v) is 5.70. The Kier molecular flexibility index (Phi) is 4.99. The zero-order valence-electron chi connectivity index (χ0n) is 9.94. The fraction of sp³-hybridized carbons (Fsp3) is 0.462. The van der Waals surface area contributed by atoms with Gasteiger partial charge < -0.3 is 11.1 Å². The highest BCUT2D eigenvalue weighted by molar-refractivity contribution is 5.78. The summed E-state index contributed by atoms with van der Waals surface area (Å²) in [5.74, 6) is 0.0537. The van der Waals surface area contributed by atoms with E-state index in [1.807, 2.05) is 44.2 Å². The molecule has 16 heavy (non-hydrogen) atoms. The summed E-state index contributed by atoms with van der Waals surface area (Å²) in [6.45, 7) is 4.44. The second-order valence-electron chi connectivity index (χ2n) is 4.12. The highest BCUT2D eigenvalue weighted by atomic mass is 16.1. The molecule has 0 spiro atoms. The largest absolute Gasteiger partial charge is 0.349 e. The Bertz CT molecular complexity index is 324. The van der Waals surface area contributed by atoms with Gasteiger partial charge in [0, 0.05) is 5.92 Å². The third kappa shape index (κ3) is 3.66. The summed E-state index contributed by atoms with van der Waals surface area (Å²) in [4.78, 5) is 11.8. The van der Waals surface area contributed by atoms with Crippen molar-refractivity contribution in [3.63, 3.8) is 0 Å². The van der Waals surface area contributed by atoms with Gasteiger partial charge in [0.2, 0.25) is 5.91 Å². The summed E-state index contributed by atoms with van der Waals surface area (Å²) in [5.41, 5.74) is 6.55. The van der Waals surface area contributed by atoms with Gasteiger partial charge >= 0.3 is 0 Å². The van der Waals surface area contributed by atoms with E-state index < -0.39 is 0 Å². The van der Waals surface area contributed by atoms with Crippen molar-refractivity contribution in [2.75, 3.05) is 6.54 Å². The van der Waals surface area contributed by atoms with Crippen LogP contribution in [-0.4, -0.2) is 12.5 Å². The third-order valence-electron chi connectivity index (χ3n) is 2.71. The van der Waals surface area contributed by atoms with E-state index in [-0.39, 0.29) is 17.9 Å². The van der Waals surface area contributed by atoms with Crippen LogP contribution in [0.4, 0.5) is 0 Å². The fourth-order valence-electron chi connectivity index (χ4n) is 1.56. The van der Waals surface area contributed by atoms with Crippen molar-refractivity contribution in [3.05, 3.63) is 35.9 Å². The zero-order valence-corrected chi connectivity index (χ0v) is 9.94. The molecular formula is C13H20N2O. The Morgan fingerprint density at radius 1 is 1.31 bits per heavy atom. The van der Waals surface area contributed by atoms with Crippen molar-refractivity contribution in [3.8, 4) is 0 Å². The molecule has 0 aliphatic carbocycles. The normalized spacial score (nSPS) is 14.2. The minimum atomic E-state index is -0.0174. The molecule has 0 saturated carbocycles. The molecule has 0 aromatic heterocycles. The maximum absolute atomic E-state index is 11.8. The molecule has 1 amide bonds. The molecule has 3 heteroatoms. The number of hydrogen-bond donors (Lipinski definition) is 2. The van der Waals surface area contributed by atoms with Crippen molar-refractivity contribution < 1.29 is 4.79 Å². The van der Waals surface area contributed by atoms with Crippen LogP contribution in [0.1, 0.15) is 31.9 Å². The Balaban J connectivity index is 2.51.